The molecule has 2 N–H and O–H groups in total. The fourth-order valence-electron chi connectivity index (χ4n) is 1.43. The number of benzene rings is 1. The summed E-state index contributed by atoms with van der Waals surface area (Å²) >= 11 is 0. The Balaban J connectivity index is 0.000000280. The molecule has 0 spiro atoms. The van der Waals surface area contributed by atoms with Crippen molar-refractivity contribution in [1.82, 2.24) is 5.06 Å². The van der Waals surface area contributed by atoms with Crippen LogP contribution in [-0.2, 0) is 15.2 Å². The fraction of sp³-hybridized carbons (Fsp3) is 0.455. The summed E-state index contributed by atoms with van der Waals surface area (Å²) in [5.41, 5.74) is 1.26. The molecular formula is C11H17NO5S. The fourth-order valence-corrected chi connectivity index (χ4v) is 1.43. The summed E-state index contributed by atoms with van der Waals surface area (Å²) in [6.07, 6.45) is 2.66. The molecule has 2 atom stereocenters. The van der Waals surface area contributed by atoms with E-state index in [1.54, 1.807) is 0 Å². The van der Waals surface area contributed by atoms with Crippen molar-refractivity contribution in [3.63, 3.8) is 0 Å². The van der Waals surface area contributed by atoms with E-state index in [1.165, 1.54) is 18.4 Å². The van der Waals surface area contributed by atoms with E-state index >= 15 is 0 Å². The molecule has 1 fully saturated rings. The SMILES string of the molecule is CCCCN1OC1c1ccccc1.O=S(=O)(O)O. The van der Waals surface area contributed by atoms with Gasteiger partial charge in [-0.3, -0.25) is 13.9 Å². The number of unbranched alkanes of at least 4 members (excludes halogenated alkanes) is 1. The second-order valence-electron chi connectivity index (χ2n) is 3.81. The minimum atomic E-state index is -4.67. The van der Waals surface area contributed by atoms with E-state index in [0.29, 0.717) is 0 Å². The number of hydrogen-bond acceptors (Lipinski definition) is 4. The Kier molecular flexibility index (Phi) is 5.70. The molecule has 1 aliphatic heterocycles. The van der Waals surface area contributed by atoms with Crippen LogP contribution >= 0.6 is 0 Å². The number of nitrogens with zero attached hydrogens (tertiary/aromatic N) is 1. The van der Waals surface area contributed by atoms with Crippen LogP contribution in [0.2, 0.25) is 0 Å². The van der Waals surface area contributed by atoms with Gasteiger partial charge in [0, 0.05) is 6.54 Å². The Morgan fingerprint density at radius 3 is 2.33 bits per heavy atom. The van der Waals surface area contributed by atoms with Crippen LogP contribution in [0.3, 0.4) is 0 Å². The van der Waals surface area contributed by atoms with E-state index in [1.807, 2.05) is 11.1 Å². The summed E-state index contributed by atoms with van der Waals surface area (Å²) < 4.78 is 31.6. The van der Waals surface area contributed by atoms with Gasteiger partial charge < -0.3 is 0 Å². The monoisotopic (exact) mass is 275 g/mol. The molecule has 0 amide bonds. The van der Waals surface area contributed by atoms with E-state index in [4.69, 9.17) is 22.4 Å². The maximum absolute atomic E-state index is 8.74. The van der Waals surface area contributed by atoms with Crippen LogP contribution in [0.4, 0.5) is 0 Å². The van der Waals surface area contributed by atoms with Crippen molar-refractivity contribution in [3.8, 4) is 0 Å². The molecule has 2 unspecified atom stereocenters. The quantitative estimate of drug-likeness (QED) is 0.646. The highest BCUT2D eigenvalue weighted by molar-refractivity contribution is 7.79. The zero-order valence-corrected chi connectivity index (χ0v) is 10.9. The third-order valence-electron chi connectivity index (χ3n) is 2.27. The van der Waals surface area contributed by atoms with Crippen molar-refractivity contribution >= 4 is 10.4 Å². The predicted molar refractivity (Wildman–Crippen MR) is 66.1 cm³/mol. The van der Waals surface area contributed by atoms with Gasteiger partial charge in [-0.15, -0.1) is 0 Å². The second-order valence-corrected chi connectivity index (χ2v) is 4.71. The topological polar surface area (TPSA) is 90.1 Å². The first kappa shape index (κ1) is 15.1. The normalized spacial score (nSPS) is 21.9. The Morgan fingerprint density at radius 1 is 1.28 bits per heavy atom. The minimum absolute atomic E-state index is 0.229. The molecular weight excluding hydrogens is 258 g/mol. The average molecular weight is 275 g/mol. The lowest BCUT2D eigenvalue weighted by Gasteiger charge is -1.95. The summed E-state index contributed by atoms with van der Waals surface area (Å²) in [5, 5.41) is 2.04. The zero-order chi connectivity index (χ0) is 13.6. The summed E-state index contributed by atoms with van der Waals surface area (Å²) in [6.45, 7) is 3.25. The van der Waals surface area contributed by atoms with Gasteiger partial charge in [0.2, 0.25) is 0 Å². The van der Waals surface area contributed by atoms with Gasteiger partial charge in [-0.25, -0.2) is 0 Å². The molecule has 1 saturated heterocycles. The summed E-state index contributed by atoms with van der Waals surface area (Å²) in [7, 11) is -4.67. The van der Waals surface area contributed by atoms with E-state index in [2.05, 4.69) is 31.2 Å². The van der Waals surface area contributed by atoms with Gasteiger partial charge in [0.15, 0.2) is 6.23 Å². The predicted octanol–water partition coefficient (Wildman–Crippen LogP) is 2.08. The maximum Gasteiger partial charge on any atom is 0.394 e. The van der Waals surface area contributed by atoms with Crippen molar-refractivity contribution < 1.29 is 22.4 Å². The van der Waals surface area contributed by atoms with Crippen molar-refractivity contribution in [2.75, 3.05) is 6.54 Å². The molecule has 7 heteroatoms. The van der Waals surface area contributed by atoms with Crippen molar-refractivity contribution in [2.45, 2.75) is 26.0 Å². The van der Waals surface area contributed by atoms with E-state index in [0.717, 1.165) is 6.54 Å². The molecule has 102 valence electrons. The number of hydrogen-bond donors (Lipinski definition) is 2. The molecule has 0 saturated carbocycles. The molecule has 6 nitrogen and oxygen atoms in total. The van der Waals surface area contributed by atoms with Crippen LogP contribution < -0.4 is 0 Å². The second kappa shape index (κ2) is 6.81. The molecule has 18 heavy (non-hydrogen) atoms. The molecule has 1 heterocycles. The van der Waals surface area contributed by atoms with Gasteiger partial charge in [-0.05, 0) is 12.0 Å². The molecule has 2 rings (SSSR count). The van der Waals surface area contributed by atoms with Crippen molar-refractivity contribution in [3.05, 3.63) is 35.9 Å². The van der Waals surface area contributed by atoms with Gasteiger partial charge >= 0.3 is 10.4 Å². The van der Waals surface area contributed by atoms with Gasteiger partial charge in [0.05, 0.1) is 0 Å². The van der Waals surface area contributed by atoms with E-state index in [-0.39, 0.29) is 6.23 Å². The molecule has 0 radical (unpaired) electrons. The summed E-state index contributed by atoms with van der Waals surface area (Å²) in [4.78, 5) is 5.44. The number of hydroxylamine groups is 2. The van der Waals surface area contributed by atoms with Crippen LogP contribution in [0.1, 0.15) is 31.6 Å². The average Bonchev–Trinajstić information content (AvgIpc) is 3.05. The maximum atomic E-state index is 8.74. The van der Waals surface area contributed by atoms with Gasteiger partial charge in [-0.2, -0.15) is 13.5 Å². The lowest BCUT2D eigenvalue weighted by atomic mass is 10.2. The summed E-state index contributed by atoms with van der Waals surface area (Å²) in [6, 6.07) is 10.3. The van der Waals surface area contributed by atoms with Crippen LogP contribution in [0, 0.1) is 0 Å². The molecule has 0 aromatic heterocycles. The van der Waals surface area contributed by atoms with Gasteiger partial charge in [-0.1, -0.05) is 43.7 Å². The highest BCUT2D eigenvalue weighted by Crippen LogP contribution is 2.36. The Labute approximate surface area is 107 Å². The Bertz CT molecular complexity index is 440. The Morgan fingerprint density at radius 2 is 1.83 bits per heavy atom. The lowest BCUT2D eigenvalue weighted by molar-refractivity contribution is 0.196. The van der Waals surface area contributed by atoms with E-state index in [9.17, 15) is 0 Å². The first-order valence-corrected chi connectivity index (χ1v) is 6.99. The van der Waals surface area contributed by atoms with Gasteiger partial charge in [0.1, 0.15) is 0 Å². The lowest BCUT2D eigenvalue weighted by Crippen LogP contribution is -1.99. The summed E-state index contributed by atoms with van der Waals surface area (Å²) in [5.74, 6) is 0. The molecule has 0 bridgehead atoms. The van der Waals surface area contributed by atoms with Gasteiger partial charge in [0.25, 0.3) is 0 Å². The molecule has 0 aliphatic carbocycles. The highest BCUT2D eigenvalue weighted by Gasteiger charge is 2.36. The van der Waals surface area contributed by atoms with Crippen LogP contribution in [0.15, 0.2) is 30.3 Å². The van der Waals surface area contributed by atoms with Crippen LogP contribution in [0.5, 0.6) is 0 Å². The van der Waals surface area contributed by atoms with Crippen molar-refractivity contribution in [1.29, 1.82) is 0 Å². The minimum Gasteiger partial charge on any atom is -0.270 e. The van der Waals surface area contributed by atoms with Crippen molar-refractivity contribution in [2.24, 2.45) is 0 Å². The standard InChI is InChI=1S/C11H15NO.H2O4S/c1-2-3-9-12-11(13-12)10-7-5-4-6-8-10;1-5(2,3)4/h4-8,11H,2-3,9H2,1H3;(H2,1,2,3,4). The first-order chi connectivity index (χ1) is 8.42. The Hall–Kier alpha value is -0.990. The molecule has 1 aromatic carbocycles. The van der Waals surface area contributed by atoms with E-state index < -0.39 is 10.4 Å². The third kappa shape index (κ3) is 6.67. The number of rotatable bonds is 4. The largest absolute Gasteiger partial charge is 0.394 e. The highest BCUT2D eigenvalue weighted by atomic mass is 32.3. The van der Waals surface area contributed by atoms with Crippen LogP contribution in [0.25, 0.3) is 0 Å². The van der Waals surface area contributed by atoms with Crippen LogP contribution in [-0.4, -0.2) is 29.1 Å². The third-order valence-corrected chi connectivity index (χ3v) is 2.27. The first-order valence-electron chi connectivity index (χ1n) is 5.60. The zero-order valence-electron chi connectivity index (χ0n) is 10.1. The molecule has 1 aromatic rings. The smallest absolute Gasteiger partial charge is 0.270 e. The molecule has 1 aliphatic rings.